The molecular weight excluding hydrogens is 294 g/mol. The molecule has 0 radical (unpaired) electrons. The molecular formula is C17H17N3O3. The number of amides is 1. The number of carbonyl (C=O) groups excluding carboxylic acids is 1. The summed E-state index contributed by atoms with van der Waals surface area (Å²) in [6.45, 7) is 3.53. The van der Waals surface area contributed by atoms with Crippen molar-refractivity contribution < 1.29 is 14.3 Å². The molecule has 1 aromatic heterocycles. The van der Waals surface area contributed by atoms with Gasteiger partial charge in [-0.05, 0) is 37.6 Å². The molecule has 0 N–H and O–H groups in total. The number of hydrogen-bond acceptors (Lipinski definition) is 5. The summed E-state index contributed by atoms with van der Waals surface area (Å²) in [5, 5.41) is 0. The summed E-state index contributed by atoms with van der Waals surface area (Å²) < 4.78 is 10.6. The van der Waals surface area contributed by atoms with Crippen molar-refractivity contribution in [1.82, 2.24) is 14.9 Å². The summed E-state index contributed by atoms with van der Waals surface area (Å²) in [6, 6.07) is 7.20. The summed E-state index contributed by atoms with van der Waals surface area (Å²) in [4.78, 5) is 23.4. The highest BCUT2D eigenvalue weighted by molar-refractivity contribution is 5.95. The SMILES string of the molecule is Cc1ccnc([C@H]2CCN(C(=O)c3ccc4c(c3)OCO4)C2)n1. The van der Waals surface area contributed by atoms with Crippen molar-refractivity contribution >= 4 is 5.91 Å². The van der Waals surface area contributed by atoms with Crippen molar-refractivity contribution in [3.8, 4) is 11.5 Å². The third-order valence-electron chi connectivity index (χ3n) is 4.27. The number of hydrogen-bond donors (Lipinski definition) is 0. The van der Waals surface area contributed by atoms with E-state index in [9.17, 15) is 4.79 Å². The van der Waals surface area contributed by atoms with Crippen molar-refractivity contribution in [2.45, 2.75) is 19.3 Å². The zero-order valence-corrected chi connectivity index (χ0v) is 12.9. The van der Waals surface area contributed by atoms with E-state index in [2.05, 4.69) is 9.97 Å². The van der Waals surface area contributed by atoms with E-state index in [-0.39, 0.29) is 18.6 Å². The molecule has 118 valence electrons. The third-order valence-corrected chi connectivity index (χ3v) is 4.27. The van der Waals surface area contributed by atoms with E-state index in [4.69, 9.17) is 9.47 Å². The van der Waals surface area contributed by atoms with Crippen LogP contribution in [0.25, 0.3) is 0 Å². The van der Waals surface area contributed by atoms with Crippen molar-refractivity contribution in [1.29, 1.82) is 0 Å². The third kappa shape index (κ3) is 2.60. The molecule has 6 nitrogen and oxygen atoms in total. The first-order valence-electron chi connectivity index (χ1n) is 7.69. The quantitative estimate of drug-likeness (QED) is 0.850. The normalized spacial score (nSPS) is 19.2. The van der Waals surface area contributed by atoms with Gasteiger partial charge >= 0.3 is 0 Å². The topological polar surface area (TPSA) is 64.6 Å². The number of nitrogens with zero attached hydrogens (tertiary/aromatic N) is 3. The average Bonchev–Trinajstić information content (AvgIpc) is 3.22. The molecule has 2 aliphatic heterocycles. The first-order chi connectivity index (χ1) is 11.2. The van der Waals surface area contributed by atoms with Crippen LogP contribution in [0.4, 0.5) is 0 Å². The van der Waals surface area contributed by atoms with Gasteiger partial charge < -0.3 is 14.4 Å². The molecule has 1 saturated heterocycles. The fourth-order valence-electron chi connectivity index (χ4n) is 3.03. The number of benzene rings is 1. The van der Waals surface area contributed by atoms with Gasteiger partial charge in [0.05, 0.1) is 0 Å². The van der Waals surface area contributed by atoms with Gasteiger partial charge in [0.1, 0.15) is 5.82 Å². The second kappa shape index (κ2) is 5.53. The van der Waals surface area contributed by atoms with Gasteiger partial charge in [-0.25, -0.2) is 9.97 Å². The van der Waals surface area contributed by atoms with Crippen molar-refractivity contribution in [2.24, 2.45) is 0 Å². The van der Waals surface area contributed by atoms with Gasteiger partial charge in [-0.15, -0.1) is 0 Å². The molecule has 23 heavy (non-hydrogen) atoms. The molecule has 0 aliphatic carbocycles. The van der Waals surface area contributed by atoms with E-state index in [1.54, 1.807) is 24.4 Å². The summed E-state index contributed by atoms with van der Waals surface area (Å²) in [6.07, 6.45) is 2.67. The fraction of sp³-hybridized carbons (Fsp3) is 0.353. The Balaban J connectivity index is 1.50. The molecule has 6 heteroatoms. The van der Waals surface area contributed by atoms with Crippen LogP contribution in [-0.2, 0) is 0 Å². The van der Waals surface area contributed by atoms with Gasteiger partial charge in [0.15, 0.2) is 11.5 Å². The van der Waals surface area contributed by atoms with Gasteiger partial charge in [0.2, 0.25) is 6.79 Å². The lowest BCUT2D eigenvalue weighted by atomic mass is 10.1. The van der Waals surface area contributed by atoms with Crippen LogP contribution in [0, 0.1) is 6.92 Å². The highest BCUT2D eigenvalue weighted by atomic mass is 16.7. The summed E-state index contributed by atoms with van der Waals surface area (Å²) in [5.41, 5.74) is 1.58. The van der Waals surface area contributed by atoms with Crippen molar-refractivity contribution in [3.63, 3.8) is 0 Å². The van der Waals surface area contributed by atoms with E-state index in [0.717, 1.165) is 24.5 Å². The zero-order valence-electron chi connectivity index (χ0n) is 12.9. The monoisotopic (exact) mass is 311 g/mol. The number of aromatic nitrogens is 2. The summed E-state index contributed by atoms with van der Waals surface area (Å²) in [5.74, 6) is 2.36. The maximum absolute atomic E-state index is 12.7. The molecule has 1 atom stereocenters. The van der Waals surface area contributed by atoms with Crippen LogP contribution in [0.1, 0.15) is 34.2 Å². The van der Waals surface area contributed by atoms with E-state index < -0.39 is 0 Å². The van der Waals surface area contributed by atoms with Crippen LogP contribution < -0.4 is 9.47 Å². The average molecular weight is 311 g/mol. The Hall–Kier alpha value is -2.63. The first-order valence-corrected chi connectivity index (χ1v) is 7.69. The molecule has 0 bridgehead atoms. The predicted octanol–water partition coefficient (Wildman–Crippen LogP) is 2.14. The number of likely N-dealkylation sites (tertiary alicyclic amines) is 1. The highest BCUT2D eigenvalue weighted by Crippen LogP contribution is 2.33. The first kappa shape index (κ1) is 14.0. The van der Waals surface area contributed by atoms with Gasteiger partial charge in [0, 0.05) is 36.5 Å². The van der Waals surface area contributed by atoms with Gasteiger partial charge in [0.25, 0.3) is 5.91 Å². The summed E-state index contributed by atoms with van der Waals surface area (Å²) in [7, 11) is 0. The minimum atomic E-state index is 0.0125. The molecule has 0 spiro atoms. The lowest BCUT2D eigenvalue weighted by Crippen LogP contribution is -2.28. The van der Waals surface area contributed by atoms with Crippen LogP contribution in [0.2, 0.25) is 0 Å². The number of ether oxygens (including phenoxy) is 2. The summed E-state index contributed by atoms with van der Waals surface area (Å²) >= 11 is 0. The largest absolute Gasteiger partial charge is 0.454 e. The van der Waals surface area contributed by atoms with Crippen LogP contribution in [0.15, 0.2) is 30.5 Å². The molecule has 3 heterocycles. The predicted molar refractivity (Wildman–Crippen MR) is 82.6 cm³/mol. The minimum Gasteiger partial charge on any atom is -0.454 e. The molecule has 0 saturated carbocycles. The second-order valence-corrected chi connectivity index (χ2v) is 5.86. The van der Waals surface area contributed by atoms with Crippen molar-refractivity contribution in [2.75, 3.05) is 19.9 Å². The Morgan fingerprint density at radius 1 is 1.26 bits per heavy atom. The zero-order chi connectivity index (χ0) is 15.8. The molecule has 2 aromatic rings. The van der Waals surface area contributed by atoms with Gasteiger partial charge in [-0.3, -0.25) is 4.79 Å². The van der Waals surface area contributed by atoms with E-state index in [1.807, 2.05) is 17.9 Å². The Bertz CT molecular complexity index is 762. The Morgan fingerprint density at radius 2 is 2.13 bits per heavy atom. The minimum absolute atomic E-state index is 0.0125. The number of aryl methyl sites for hydroxylation is 1. The van der Waals surface area contributed by atoms with Gasteiger partial charge in [-0.2, -0.15) is 0 Å². The maximum atomic E-state index is 12.7. The van der Waals surface area contributed by atoms with Crippen LogP contribution in [-0.4, -0.2) is 40.7 Å². The Kier molecular flexibility index (Phi) is 3.37. The highest BCUT2D eigenvalue weighted by Gasteiger charge is 2.30. The second-order valence-electron chi connectivity index (χ2n) is 5.86. The smallest absolute Gasteiger partial charge is 0.254 e. The van der Waals surface area contributed by atoms with Gasteiger partial charge in [-0.1, -0.05) is 0 Å². The van der Waals surface area contributed by atoms with Crippen LogP contribution in [0.3, 0.4) is 0 Å². The number of carbonyl (C=O) groups is 1. The Labute approximate surface area is 134 Å². The maximum Gasteiger partial charge on any atom is 0.254 e. The number of fused-ring (bicyclic) bond motifs is 1. The molecule has 1 fully saturated rings. The molecule has 2 aliphatic rings. The lowest BCUT2D eigenvalue weighted by molar-refractivity contribution is 0.0790. The van der Waals surface area contributed by atoms with E-state index in [0.29, 0.717) is 23.6 Å². The molecule has 1 amide bonds. The standard InChI is InChI=1S/C17H17N3O3/c1-11-4-6-18-16(19-11)13-5-7-20(9-13)17(21)12-2-3-14-15(8-12)23-10-22-14/h2-4,6,8,13H,5,7,9-10H2,1H3/t13-/m0/s1. The number of rotatable bonds is 2. The van der Waals surface area contributed by atoms with E-state index in [1.165, 1.54) is 0 Å². The molecule has 1 aromatic carbocycles. The van der Waals surface area contributed by atoms with Crippen molar-refractivity contribution in [3.05, 3.63) is 47.5 Å². The molecule has 4 rings (SSSR count). The molecule has 0 unspecified atom stereocenters. The van der Waals surface area contributed by atoms with E-state index >= 15 is 0 Å². The lowest BCUT2D eigenvalue weighted by Gasteiger charge is -2.16. The fourth-order valence-corrected chi connectivity index (χ4v) is 3.03. The van der Waals surface area contributed by atoms with Crippen LogP contribution >= 0.6 is 0 Å². The van der Waals surface area contributed by atoms with Crippen LogP contribution in [0.5, 0.6) is 11.5 Å². The Morgan fingerprint density at radius 3 is 3.00 bits per heavy atom.